The molecule has 1 aromatic carbocycles. The average Bonchev–Trinajstić information content (AvgIpc) is 3.20. The van der Waals surface area contributed by atoms with Gasteiger partial charge in [0.1, 0.15) is 18.3 Å². The number of hydrogen-bond acceptors (Lipinski definition) is 11. The van der Waals surface area contributed by atoms with Gasteiger partial charge >= 0.3 is 29.6 Å². The van der Waals surface area contributed by atoms with Crippen molar-refractivity contribution in [3.63, 3.8) is 0 Å². The number of benzene rings is 1. The van der Waals surface area contributed by atoms with Crippen LogP contribution < -0.4 is 45.7 Å². The SMILES string of the molecule is Nc1nc2c(nc(Sc3ccc(Cl)cc3)n2C2OC3COP(=O)([O-])OC3C2O)c(=O)[nH]1.[Na+]. The molecule has 0 amide bonds. The molecule has 32 heavy (non-hydrogen) atoms. The van der Waals surface area contributed by atoms with Crippen LogP contribution in [0.25, 0.3) is 11.2 Å². The number of ether oxygens (including phenoxy) is 1. The van der Waals surface area contributed by atoms with Crippen LogP contribution in [0.5, 0.6) is 0 Å². The summed E-state index contributed by atoms with van der Waals surface area (Å²) in [5.41, 5.74) is 5.16. The molecule has 0 spiro atoms. The number of imidazole rings is 1. The number of nitrogen functional groups attached to an aromatic ring is 1. The number of phosphoric ester groups is 1. The maximum atomic E-state index is 12.4. The van der Waals surface area contributed by atoms with Gasteiger partial charge in [-0.15, -0.1) is 0 Å². The molecule has 2 aliphatic rings. The Labute approximate surface area is 211 Å². The van der Waals surface area contributed by atoms with E-state index in [1.807, 2.05) is 0 Å². The van der Waals surface area contributed by atoms with E-state index in [-0.39, 0.29) is 58.4 Å². The summed E-state index contributed by atoms with van der Waals surface area (Å²) >= 11 is 7.10. The van der Waals surface area contributed by atoms with Crippen molar-refractivity contribution in [1.82, 2.24) is 19.5 Å². The maximum absolute atomic E-state index is 12.4. The monoisotopic (exact) mass is 509 g/mol. The first-order chi connectivity index (χ1) is 14.7. The normalized spacial score (nSPS) is 29.6. The van der Waals surface area contributed by atoms with Crippen molar-refractivity contribution in [2.45, 2.75) is 34.6 Å². The fourth-order valence-electron chi connectivity index (χ4n) is 3.43. The van der Waals surface area contributed by atoms with Gasteiger partial charge in [-0.25, -0.2) is 4.98 Å². The molecule has 5 unspecified atom stereocenters. The van der Waals surface area contributed by atoms with Crippen molar-refractivity contribution < 1.29 is 57.9 Å². The van der Waals surface area contributed by atoms with Crippen LogP contribution in [0.2, 0.25) is 5.02 Å². The van der Waals surface area contributed by atoms with Crippen LogP contribution in [0, 0.1) is 0 Å². The van der Waals surface area contributed by atoms with Crippen molar-refractivity contribution in [3.8, 4) is 0 Å². The van der Waals surface area contributed by atoms with E-state index in [1.165, 1.54) is 16.3 Å². The number of hydrogen-bond donors (Lipinski definition) is 3. The number of nitrogens with zero attached hydrogens (tertiary/aromatic N) is 3. The second kappa shape index (κ2) is 9.01. The van der Waals surface area contributed by atoms with Gasteiger partial charge < -0.3 is 29.5 Å². The summed E-state index contributed by atoms with van der Waals surface area (Å²) in [7, 11) is -4.56. The molecule has 16 heteroatoms. The summed E-state index contributed by atoms with van der Waals surface area (Å²) < 4.78 is 28.5. The van der Waals surface area contributed by atoms with Crippen LogP contribution in [0.4, 0.5) is 5.95 Å². The van der Waals surface area contributed by atoms with Gasteiger partial charge in [0.2, 0.25) is 5.95 Å². The van der Waals surface area contributed by atoms with Gasteiger partial charge in [-0.2, -0.15) is 4.98 Å². The number of nitrogens with two attached hydrogens (primary N) is 1. The summed E-state index contributed by atoms with van der Waals surface area (Å²) in [5, 5.41) is 11.6. The topological polar surface area (TPSA) is 178 Å². The van der Waals surface area contributed by atoms with E-state index in [1.54, 1.807) is 24.3 Å². The molecule has 4 heterocycles. The fourth-order valence-corrected chi connectivity index (χ4v) is 5.42. The molecule has 2 aliphatic heterocycles. The first-order valence-corrected chi connectivity index (χ1v) is 11.6. The van der Waals surface area contributed by atoms with Crippen LogP contribution in [-0.2, 0) is 18.3 Å². The second-order valence-electron chi connectivity index (χ2n) is 6.81. The van der Waals surface area contributed by atoms with E-state index >= 15 is 0 Å². The molecule has 0 bridgehead atoms. The zero-order valence-electron chi connectivity index (χ0n) is 16.4. The summed E-state index contributed by atoms with van der Waals surface area (Å²) in [4.78, 5) is 35.7. The van der Waals surface area contributed by atoms with Gasteiger partial charge in [-0.1, -0.05) is 23.4 Å². The number of aromatic nitrogens is 4. The Kier molecular flexibility index (Phi) is 6.80. The number of H-pyrrole nitrogens is 1. The van der Waals surface area contributed by atoms with Crippen molar-refractivity contribution >= 4 is 48.3 Å². The van der Waals surface area contributed by atoms with Crippen LogP contribution in [-0.4, -0.2) is 49.5 Å². The number of nitrogens with one attached hydrogen (secondary N) is 1. The van der Waals surface area contributed by atoms with Gasteiger partial charge in [0.25, 0.3) is 13.4 Å². The summed E-state index contributed by atoms with van der Waals surface area (Å²) in [5.74, 6) is -0.157. The Morgan fingerprint density at radius 2 is 2.06 bits per heavy atom. The Hall–Kier alpha value is -0.960. The molecule has 164 valence electrons. The minimum Gasteiger partial charge on any atom is -0.756 e. The van der Waals surface area contributed by atoms with E-state index in [0.29, 0.717) is 5.02 Å². The van der Waals surface area contributed by atoms with E-state index in [4.69, 9.17) is 26.6 Å². The molecule has 2 aromatic heterocycles. The third-order valence-electron chi connectivity index (χ3n) is 4.77. The Balaban J connectivity index is 0.00000245. The number of fused-ring (bicyclic) bond motifs is 2. The number of halogens is 1. The Morgan fingerprint density at radius 1 is 1.34 bits per heavy atom. The van der Waals surface area contributed by atoms with Crippen molar-refractivity contribution in [3.05, 3.63) is 39.6 Å². The summed E-state index contributed by atoms with van der Waals surface area (Å²) in [6.07, 6.45) is -4.63. The number of aliphatic hydroxyl groups is 1. The largest absolute Gasteiger partial charge is 1.00 e. The Morgan fingerprint density at radius 3 is 2.78 bits per heavy atom. The average molecular weight is 510 g/mol. The number of aliphatic hydroxyl groups excluding tert-OH is 1. The van der Waals surface area contributed by atoms with Gasteiger partial charge in [0, 0.05) is 9.92 Å². The molecule has 3 aromatic rings. The van der Waals surface area contributed by atoms with E-state index < -0.39 is 37.9 Å². The van der Waals surface area contributed by atoms with Gasteiger partial charge in [0.05, 0.1) is 6.61 Å². The molecular weight excluding hydrogens is 496 g/mol. The first kappa shape index (κ1) is 24.2. The number of phosphoric acid groups is 1. The van der Waals surface area contributed by atoms with Crippen LogP contribution in [0.1, 0.15) is 6.23 Å². The molecule has 4 N–H and O–H groups in total. The molecule has 2 fully saturated rings. The minimum absolute atomic E-state index is 0. The quantitative estimate of drug-likeness (QED) is 0.254. The molecular formula is C16H14ClN5NaO7PS. The van der Waals surface area contributed by atoms with Gasteiger partial charge in [-0.3, -0.25) is 18.9 Å². The van der Waals surface area contributed by atoms with Crippen molar-refractivity contribution in [1.29, 1.82) is 0 Å². The maximum Gasteiger partial charge on any atom is 1.00 e. The molecule has 0 aliphatic carbocycles. The first-order valence-electron chi connectivity index (χ1n) is 8.90. The molecule has 0 saturated carbocycles. The molecule has 2 saturated heterocycles. The van der Waals surface area contributed by atoms with Crippen LogP contribution in [0.15, 0.2) is 39.1 Å². The third-order valence-corrected chi connectivity index (χ3v) is 6.97. The Bertz CT molecular complexity index is 1270. The predicted molar refractivity (Wildman–Crippen MR) is 106 cm³/mol. The van der Waals surface area contributed by atoms with E-state index in [2.05, 4.69) is 19.5 Å². The molecule has 5 atom stereocenters. The van der Waals surface area contributed by atoms with Crippen LogP contribution in [0.3, 0.4) is 0 Å². The second-order valence-corrected chi connectivity index (χ2v) is 9.65. The molecule has 12 nitrogen and oxygen atoms in total. The van der Waals surface area contributed by atoms with Gasteiger partial charge in [-0.05, 0) is 24.3 Å². The smallest absolute Gasteiger partial charge is 0.756 e. The standard InChI is InChI=1S/C16H15ClN5O7PS.Na/c17-6-1-3-7(4-2-6)31-16-19-9-12(20-15(18)21-13(9)24)22(16)14-10(23)11-8(28-14)5-27-30(25,26)29-11;/h1-4,8,10-11,14,23H,5H2,(H,25,26)(H3,18,20,21,24);/q;+1/p-1. The van der Waals surface area contributed by atoms with Gasteiger partial charge in [0.15, 0.2) is 22.5 Å². The summed E-state index contributed by atoms with van der Waals surface area (Å²) in [6.45, 7) is -0.318. The molecule has 0 radical (unpaired) electrons. The minimum atomic E-state index is -4.56. The zero-order chi connectivity index (χ0) is 21.9. The summed E-state index contributed by atoms with van der Waals surface area (Å²) in [6, 6.07) is 6.87. The number of aromatic amines is 1. The zero-order valence-corrected chi connectivity index (χ0v) is 20.8. The third kappa shape index (κ3) is 4.40. The van der Waals surface area contributed by atoms with Crippen LogP contribution >= 0.6 is 31.2 Å². The fraction of sp³-hybridized carbons (Fsp3) is 0.312. The predicted octanol–water partition coefficient (Wildman–Crippen LogP) is -2.35. The number of rotatable bonds is 3. The molecule has 5 rings (SSSR count). The van der Waals surface area contributed by atoms with Crippen molar-refractivity contribution in [2.24, 2.45) is 0 Å². The number of anilines is 1. The van der Waals surface area contributed by atoms with E-state index in [0.717, 1.165) is 4.90 Å². The van der Waals surface area contributed by atoms with E-state index in [9.17, 15) is 19.4 Å². The van der Waals surface area contributed by atoms with Crippen molar-refractivity contribution in [2.75, 3.05) is 12.3 Å².